The summed E-state index contributed by atoms with van der Waals surface area (Å²) in [6.07, 6.45) is 0. The largest absolute Gasteiger partial charge is 0.493 e. The summed E-state index contributed by atoms with van der Waals surface area (Å²) in [4.78, 5) is 0. The molecule has 0 aliphatic rings. The summed E-state index contributed by atoms with van der Waals surface area (Å²) in [5.74, 6) is 0.440. The molecule has 0 saturated heterocycles. The molecule has 0 radical (unpaired) electrons. The molecule has 2 N–H and O–H groups in total. The number of nitrogens with two attached hydrogens (primary N) is 1. The van der Waals surface area contributed by atoms with Crippen molar-refractivity contribution in [1.82, 2.24) is 0 Å². The summed E-state index contributed by atoms with van der Waals surface area (Å²) in [6, 6.07) is 6.95. The van der Waals surface area contributed by atoms with Gasteiger partial charge in [-0.15, -0.1) is 0 Å². The van der Waals surface area contributed by atoms with Crippen LogP contribution in [0.15, 0.2) is 24.3 Å². The molecule has 17 heavy (non-hydrogen) atoms. The van der Waals surface area contributed by atoms with Crippen molar-refractivity contribution in [2.75, 3.05) is 12.4 Å². The Balaban J connectivity index is 2.33. The summed E-state index contributed by atoms with van der Waals surface area (Å²) >= 11 is -0.0841. The number of rotatable bonds is 5. The summed E-state index contributed by atoms with van der Waals surface area (Å²) in [5.41, 5.74) is 2.43. The molecule has 0 aromatic heterocycles. The Kier molecular flexibility index (Phi) is 5.14. The second-order valence-electron chi connectivity index (χ2n) is 3.50. The van der Waals surface area contributed by atoms with Gasteiger partial charge in [0.1, 0.15) is 5.75 Å². The third-order valence-corrected chi connectivity index (χ3v) is 2.72. The molecule has 0 saturated carbocycles. The lowest BCUT2D eigenvalue weighted by Crippen LogP contribution is -2.08. The Morgan fingerprint density at radius 1 is 1.29 bits per heavy atom. The average molecular weight is 265 g/mol. The monoisotopic (exact) mass is 265 g/mol. The molecule has 1 aromatic carbocycles. The van der Waals surface area contributed by atoms with E-state index in [-0.39, 0.29) is 30.2 Å². The van der Waals surface area contributed by atoms with Crippen LogP contribution in [0.5, 0.6) is 5.75 Å². The van der Waals surface area contributed by atoms with Crippen LogP contribution >= 0.6 is 11.8 Å². The SMILES string of the molecule is C[C@H](N)c1ccc(OCCSC(F)(F)F)cc1. The van der Waals surface area contributed by atoms with Crippen LogP contribution in [0.25, 0.3) is 0 Å². The molecular formula is C11H14F3NOS. The van der Waals surface area contributed by atoms with Gasteiger partial charge in [0.15, 0.2) is 0 Å². The highest BCUT2D eigenvalue weighted by Gasteiger charge is 2.27. The van der Waals surface area contributed by atoms with Crippen molar-refractivity contribution in [1.29, 1.82) is 0 Å². The van der Waals surface area contributed by atoms with Crippen LogP contribution in [-0.4, -0.2) is 17.9 Å². The second kappa shape index (κ2) is 6.16. The molecule has 1 rings (SSSR count). The molecule has 96 valence electrons. The van der Waals surface area contributed by atoms with Crippen molar-refractivity contribution in [3.8, 4) is 5.75 Å². The first-order valence-corrected chi connectivity index (χ1v) is 6.06. The van der Waals surface area contributed by atoms with Gasteiger partial charge in [0, 0.05) is 11.8 Å². The molecule has 0 spiro atoms. The zero-order chi connectivity index (χ0) is 12.9. The fraction of sp³-hybridized carbons (Fsp3) is 0.455. The summed E-state index contributed by atoms with van der Waals surface area (Å²) in [7, 11) is 0. The molecule has 0 heterocycles. The van der Waals surface area contributed by atoms with Gasteiger partial charge >= 0.3 is 5.51 Å². The molecule has 0 amide bonds. The number of hydrogen-bond acceptors (Lipinski definition) is 3. The highest BCUT2D eigenvalue weighted by atomic mass is 32.2. The summed E-state index contributed by atoms with van der Waals surface area (Å²) in [5, 5.41) is 0. The van der Waals surface area contributed by atoms with Crippen LogP contribution in [0.1, 0.15) is 18.5 Å². The van der Waals surface area contributed by atoms with Crippen LogP contribution in [0.2, 0.25) is 0 Å². The van der Waals surface area contributed by atoms with Crippen molar-refractivity contribution in [2.45, 2.75) is 18.5 Å². The molecule has 0 unspecified atom stereocenters. The Labute approximate surface area is 102 Å². The lowest BCUT2D eigenvalue weighted by atomic mass is 10.1. The van der Waals surface area contributed by atoms with Gasteiger partial charge in [-0.1, -0.05) is 12.1 Å². The number of thioether (sulfide) groups is 1. The normalized spacial score (nSPS) is 13.5. The van der Waals surface area contributed by atoms with E-state index in [1.807, 2.05) is 6.92 Å². The first-order valence-electron chi connectivity index (χ1n) is 5.07. The van der Waals surface area contributed by atoms with Gasteiger partial charge < -0.3 is 10.5 Å². The molecule has 0 bridgehead atoms. The zero-order valence-electron chi connectivity index (χ0n) is 9.33. The summed E-state index contributed by atoms with van der Waals surface area (Å²) < 4.78 is 40.6. The Bertz CT molecular complexity index is 338. The molecule has 1 atom stereocenters. The topological polar surface area (TPSA) is 35.2 Å². The van der Waals surface area contributed by atoms with E-state index >= 15 is 0 Å². The van der Waals surface area contributed by atoms with Crippen molar-refractivity contribution >= 4 is 11.8 Å². The Morgan fingerprint density at radius 3 is 2.35 bits per heavy atom. The molecule has 0 aliphatic heterocycles. The Hall–Kier alpha value is -0.880. The highest BCUT2D eigenvalue weighted by Crippen LogP contribution is 2.29. The lowest BCUT2D eigenvalue weighted by molar-refractivity contribution is -0.0329. The van der Waals surface area contributed by atoms with Gasteiger partial charge in [-0.05, 0) is 36.4 Å². The van der Waals surface area contributed by atoms with E-state index in [1.165, 1.54) is 0 Å². The smallest absolute Gasteiger partial charge is 0.441 e. The highest BCUT2D eigenvalue weighted by molar-refractivity contribution is 8.00. The molecule has 2 nitrogen and oxygen atoms in total. The van der Waals surface area contributed by atoms with Gasteiger partial charge in [-0.25, -0.2) is 0 Å². The predicted octanol–water partition coefficient (Wildman–Crippen LogP) is 3.34. The van der Waals surface area contributed by atoms with Crippen molar-refractivity contribution in [2.24, 2.45) is 5.73 Å². The number of benzene rings is 1. The van der Waals surface area contributed by atoms with E-state index < -0.39 is 5.51 Å². The third kappa shape index (κ3) is 5.83. The van der Waals surface area contributed by atoms with Gasteiger partial charge in [0.05, 0.1) is 6.61 Å². The van der Waals surface area contributed by atoms with Crippen molar-refractivity contribution in [3.63, 3.8) is 0 Å². The van der Waals surface area contributed by atoms with Crippen LogP contribution in [0, 0.1) is 0 Å². The third-order valence-electron chi connectivity index (χ3n) is 2.02. The van der Waals surface area contributed by atoms with E-state index in [2.05, 4.69) is 0 Å². The standard InChI is InChI=1S/C11H14F3NOS/c1-8(15)9-2-4-10(5-3-9)16-6-7-17-11(12,13)14/h2-5,8H,6-7,15H2,1H3/t8-/m0/s1. The number of hydrogen-bond donors (Lipinski definition) is 1. The fourth-order valence-electron chi connectivity index (χ4n) is 1.18. The maximum atomic E-state index is 11.8. The van der Waals surface area contributed by atoms with Gasteiger partial charge in [0.25, 0.3) is 0 Å². The number of halogens is 3. The summed E-state index contributed by atoms with van der Waals surface area (Å²) in [6.45, 7) is 1.89. The van der Waals surface area contributed by atoms with Gasteiger partial charge in [0.2, 0.25) is 0 Å². The minimum atomic E-state index is -4.19. The van der Waals surface area contributed by atoms with E-state index in [0.717, 1.165) is 5.56 Å². The maximum Gasteiger partial charge on any atom is 0.441 e. The van der Waals surface area contributed by atoms with Crippen molar-refractivity contribution < 1.29 is 17.9 Å². The molecule has 0 fully saturated rings. The van der Waals surface area contributed by atoms with E-state index in [1.54, 1.807) is 24.3 Å². The Morgan fingerprint density at radius 2 is 1.88 bits per heavy atom. The average Bonchev–Trinajstić information content (AvgIpc) is 2.24. The van der Waals surface area contributed by atoms with E-state index in [9.17, 15) is 13.2 Å². The van der Waals surface area contributed by atoms with Crippen LogP contribution in [-0.2, 0) is 0 Å². The maximum absolute atomic E-state index is 11.8. The molecule has 0 aliphatic carbocycles. The molecule has 6 heteroatoms. The first kappa shape index (κ1) is 14.2. The first-order chi connectivity index (χ1) is 7.88. The van der Waals surface area contributed by atoms with Gasteiger partial charge in [-0.3, -0.25) is 0 Å². The minimum absolute atomic E-state index is 0.0295. The fourth-order valence-corrected chi connectivity index (χ4v) is 1.58. The van der Waals surface area contributed by atoms with Crippen LogP contribution in [0.4, 0.5) is 13.2 Å². The molecular weight excluding hydrogens is 251 g/mol. The minimum Gasteiger partial charge on any atom is -0.493 e. The van der Waals surface area contributed by atoms with E-state index in [0.29, 0.717) is 5.75 Å². The van der Waals surface area contributed by atoms with Gasteiger partial charge in [-0.2, -0.15) is 13.2 Å². The number of alkyl halides is 3. The van der Waals surface area contributed by atoms with Crippen molar-refractivity contribution in [3.05, 3.63) is 29.8 Å². The predicted molar refractivity (Wildman–Crippen MR) is 63.1 cm³/mol. The quantitative estimate of drug-likeness (QED) is 0.829. The van der Waals surface area contributed by atoms with Crippen LogP contribution < -0.4 is 10.5 Å². The lowest BCUT2D eigenvalue weighted by Gasteiger charge is -2.09. The van der Waals surface area contributed by atoms with Crippen LogP contribution in [0.3, 0.4) is 0 Å². The zero-order valence-corrected chi connectivity index (χ0v) is 10.1. The van der Waals surface area contributed by atoms with E-state index in [4.69, 9.17) is 10.5 Å². The number of ether oxygens (including phenoxy) is 1. The molecule has 1 aromatic rings. The second-order valence-corrected chi connectivity index (χ2v) is 4.66.